The number of hydrogen-bond acceptors (Lipinski definition) is 5. The van der Waals surface area contributed by atoms with Gasteiger partial charge in [0, 0.05) is 70.1 Å². The molecule has 9 heteroatoms. The number of nitrogens with one attached hydrogen (secondary N) is 1. The normalized spacial score (nSPS) is 13.2. The average Bonchev–Trinajstić information content (AvgIpc) is 3.29. The Morgan fingerprint density at radius 3 is 2.61 bits per heavy atom. The molecule has 200 valence electrons. The minimum absolute atomic E-state index is 0.116. The summed E-state index contributed by atoms with van der Waals surface area (Å²) < 4.78 is 1.65. The van der Waals surface area contributed by atoms with Gasteiger partial charge in [0.25, 0.3) is 11.8 Å². The number of nitrogens with zero attached hydrogens (tertiary/aromatic N) is 5. The number of carbonyl (C=O) groups excluding carboxylic acids is 3. The molecule has 38 heavy (non-hydrogen) atoms. The van der Waals surface area contributed by atoms with Crippen molar-refractivity contribution < 1.29 is 14.4 Å². The fourth-order valence-electron chi connectivity index (χ4n) is 4.57. The van der Waals surface area contributed by atoms with Crippen molar-refractivity contribution in [2.75, 3.05) is 26.2 Å². The maximum atomic E-state index is 13.5. The molecule has 0 atom stereocenters. The number of fused-ring (bicyclic) bond motifs is 1. The second-order valence-corrected chi connectivity index (χ2v) is 10.0. The largest absolute Gasteiger partial charge is 0.356 e. The van der Waals surface area contributed by atoms with Gasteiger partial charge in [-0.05, 0) is 30.0 Å². The summed E-state index contributed by atoms with van der Waals surface area (Å²) in [4.78, 5) is 47.0. The van der Waals surface area contributed by atoms with E-state index in [-0.39, 0.29) is 42.3 Å². The van der Waals surface area contributed by atoms with Crippen LogP contribution in [0.1, 0.15) is 58.9 Å². The van der Waals surface area contributed by atoms with E-state index in [1.807, 2.05) is 67.3 Å². The first-order chi connectivity index (χ1) is 18.4. The highest BCUT2D eigenvalue weighted by Gasteiger charge is 2.28. The van der Waals surface area contributed by atoms with Crippen molar-refractivity contribution in [2.24, 2.45) is 5.92 Å². The molecule has 3 aromatic rings. The number of aryl methyl sites for hydroxylation is 1. The Kier molecular flexibility index (Phi) is 9.24. The third kappa shape index (κ3) is 7.27. The van der Waals surface area contributed by atoms with E-state index in [4.69, 9.17) is 0 Å². The maximum absolute atomic E-state index is 13.5. The van der Waals surface area contributed by atoms with Gasteiger partial charge in [-0.25, -0.2) is 0 Å². The highest BCUT2D eigenvalue weighted by Crippen LogP contribution is 2.18. The zero-order valence-electron chi connectivity index (χ0n) is 22.2. The van der Waals surface area contributed by atoms with Gasteiger partial charge in [-0.1, -0.05) is 50.2 Å². The minimum atomic E-state index is -0.261. The van der Waals surface area contributed by atoms with E-state index >= 15 is 0 Å². The van der Waals surface area contributed by atoms with Crippen LogP contribution in [0.3, 0.4) is 0 Å². The number of pyridine rings is 1. The highest BCUT2D eigenvalue weighted by molar-refractivity contribution is 5.98. The molecule has 0 saturated heterocycles. The third-order valence-electron chi connectivity index (χ3n) is 6.43. The molecule has 0 aliphatic carbocycles. The Balaban J connectivity index is 1.38. The summed E-state index contributed by atoms with van der Waals surface area (Å²) in [7, 11) is 0. The van der Waals surface area contributed by atoms with Crippen molar-refractivity contribution in [3.63, 3.8) is 0 Å². The molecule has 0 fully saturated rings. The van der Waals surface area contributed by atoms with Gasteiger partial charge in [0.1, 0.15) is 5.69 Å². The van der Waals surface area contributed by atoms with E-state index in [1.54, 1.807) is 21.8 Å². The third-order valence-corrected chi connectivity index (χ3v) is 6.43. The van der Waals surface area contributed by atoms with Crippen LogP contribution in [0.2, 0.25) is 0 Å². The fraction of sp³-hybridized carbons (Fsp3) is 0.414. The summed E-state index contributed by atoms with van der Waals surface area (Å²) in [5, 5.41) is 7.42. The van der Waals surface area contributed by atoms with Gasteiger partial charge >= 0.3 is 0 Å². The number of amides is 3. The lowest BCUT2D eigenvalue weighted by Gasteiger charge is -2.23. The topological polar surface area (TPSA) is 100 Å². The lowest BCUT2D eigenvalue weighted by Crippen LogP contribution is -2.38. The number of rotatable bonds is 11. The van der Waals surface area contributed by atoms with Crippen LogP contribution in [0, 0.1) is 5.92 Å². The Labute approximate surface area is 223 Å². The SMILES string of the molecule is CC(C)CN(CCC(=O)NCCc1ccccn1)C(=O)c1cc2n(n1)CCCN(Cc1ccccc1)C2=O. The Morgan fingerprint density at radius 1 is 1.08 bits per heavy atom. The minimum Gasteiger partial charge on any atom is -0.356 e. The Bertz CT molecular complexity index is 1230. The summed E-state index contributed by atoms with van der Waals surface area (Å²) in [6, 6.07) is 17.2. The smallest absolute Gasteiger partial charge is 0.274 e. The molecular formula is C29H36N6O3. The molecule has 0 saturated carbocycles. The van der Waals surface area contributed by atoms with E-state index < -0.39 is 0 Å². The second-order valence-electron chi connectivity index (χ2n) is 10.0. The first kappa shape index (κ1) is 27.0. The summed E-state index contributed by atoms with van der Waals surface area (Å²) in [5.74, 6) is -0.284. The van der Waals surface area contributed by atoms with Crippen molar-refractivity contribution >= 4 is 17.7 Å². The zero-order chi connectivity index (χ0) is 26.9. The molecule has 1 aromatic carbocycles. The van der Waals surface area contributed by atoms with Crippen LogP contribution in [-0.4, -0.2) is 68.5 Å². The molecule has 3 heterocycles. The first-order valence-corrected chi connectivity index (χ1v) is 13.3. The van der Waals surface area contributed by atoms with Crippen molar-refractivity contribution in [3.05, 3.63) is 83.4 Å². The second kappa shape index (κ2) is 13.0. The molecule has 1 N–H and O–H groups in total. The van der Waals surface area contributed by atoms with Gasteiger partial charge in [-0.15, -0.1) is 0 Å². The van der Waals surface area contributed by atoms with Crippen LogP contribution in [0.15, 0.2) is 60.8 Å². The van der Waals surface area contributed by atoms with Crippen molar-refractivity contribution in [3.8, 4) is 0 Å². The van der Waals surface area contributed by atoms with Crippen LogP contribution in [0.25, 0.3) is 0 Å². The molecule has 3 amide bonds. The van der Waals surface area contributed by atoms with Crippen LogP contribution in [0.5, 0.6) is 0 Å². The molecule has 1 aliphatic rings. The molecule has 0 unspecified atom stereocenters. The van der Waals surface area contributed by atoms with E-state index in [0.29, 0.717) is 44.8 Å². The van der Waals surface area contributed by atoms with Crippen LogP contribution >= 0.6 is 0 Å². The van der Waals surface area contributed by atoms with Crippen molar-refractivity contribution in [1.82, 2.24) is 29.9 Å². The average molecular weight is 517 g/mol. The Hall–Kier alpha value is -4.01. The summed E-state index contributed by atoms with van der Waals surface area (Å²) >= 11 is 0. The van der Waals surface area contributed by atoms with Crippen molar-refractivity contribution in [1.29, 1.82) is 0 Å². The number of hydrogen-bond donors (Lipinski definition) is 1. The Morgan fingerprint density at radius 2 is 1.87 bits per heavy atom. The summed E-state index contributed by atoms with van der Waals surface area (Å²) in [6.07, 6.45) is 3.33. The van der Waals surface area contributed by atoms with E-state index in [0.717, 1.165) is 17.7 Å². The lowest BCUT2D eigenvalue weighted by atomic mass is 10.2. The van der Waals surface area contributed by atoms with Gasteiger partial charge in [-0.3, -0.25) is 24.0 Å². The van der Waals surface area contributed by atoms with Gasteiger partial charge in [0.15, 0.2) is 5.69 Å². The molecule has 9 nitrogen and oxygen atoms in total. The molecule has 2 aromatic heterocycles. The quantitative estimate of drug-likeness (QED) is 0.422. The molecule has 0 bridgehead atoms. The van der Waals surface area contributed by atoms with E-state index in [1.165, 1.54) is 0 Å². The van der Waals surface area contributed by atoms with Gasteiger partial charge in [0.05, 0.1) is 0 Å². The monoisotopic (exact) mass is 516 g/mol. The summed E-state index contributed by atoms with van der Waals surface area (Å²) in [5.41, 5.74) is 2.65. The maximum Gasteiger partial charge on any atom is 0.274 e. The van der Waals surface area contributed by atoms with Gasteiger partial charge in [-0.2, -0.15) is 5.10 Å². The zero-order valence-corrected chi connectivity index (χ0v) is 22.2. The van der Waals surface area contributed by atoms with Crippen molar-refractivity contribution in [2.45, 2.75) is 46.2 Å². The number of benzene rings is 1. The molecule has 0 radical (unpaired) electrons. The molecular weight excluding hydrogens is 480 g/mol. The predicted molar refractivity (Wildman–Crippen MR) is 144 cm³/mol. The molecule has 1 aliphatic heterocycles. The van der Waals surface area contributed by atoms with Gasteiger partial charge in [0.2, 0.25) is 5.91 Å². The molecule has 0 spiro atoms. The predicted octanol–water partition coefficient (Wildman–Crippen LogP) is 3.17. The highest BCUT2D eigenvalue weighted by atomic mass is 16.2. The van der Waals surface area contributed by atoms with Crippen LogP contribution in [0.4, 0.5) is 0 Å². The number of aromatic nitrogens is 3. The fourth-order valence-corrected chi connectivity index (χ4v) is 4.57. The lowest BCUT2D eigenvalue weighted by molar-refractivity contribution is -0.121. The van der Waals surface area contributed by atoms with E-state index in [2.05, 4.69) is 15.4 Å². The number of carbonyl (C=O) groups is 3. The first-order valence-electron chi connectivity index (χ1n) is 13.3. The van der Waals surface area contributed by atoms with Crippen LogP contribution < -0.4 is 5.32 Å². The molecule has 4 rings (SSSR count). The summed E-state index contributed by atoms with van der Waals surface area (Å²) in [6.45, 7) is 7.05. The standard InChI is InChI=1S/C29H36N6O3/c1-22(2)20-34(18-13-27(36)31-15-12-24-11-6-7-14-30-24)28(37)25-19-26-29(38)33(16-8-17-35(26)32-25)21-23-9-4-3-5-10-23/h3-7,9-11,14,19,22H,8,12-13,15-18,20-21H2,1-2H3,(H,31,36). The van der Waals surface area contributed by atoms with Gasteiger partial charge < -0.3 is 15.1 Å². The van der Waals surface area contributed by atoms with E-state index in [9.17, 15) is 14.4 Å². The van der Waals surface area contributed by atoms with Crippen LogP contribution in [-0.2, 0) is 24.3 Å².